The molecule has 1 aliphatic rings. The Morgan fingerprint density at radius 1 is 1.08 bits per heavy atom. The molecule has 0 atom stereocenters. The predicted octanol–water partition coefficient (Wildman–Crippen LogP) is 2.43. The molecule has 0 spiro atoms. The summed E-state index contributed by atoms with van der Waals surface area (Å²) >= 11 is 0. The average molecular weight is 332 g/mol. The van der Waals surface area contributed by atoms with Crippen molar-refractivity contribution < 1.29 is 9.59 Å². The fourth-order valence-electron chi connectivity index (χ4n) is 2.76. The molecular weight excluding hydrogens is 304 g/mol. The first-order chi connectivity index (χ1) is 11.6. The van der Waals surface area contributed by atoms with Crippen LogP contribution in [0.4, 0.5) is 0 Å². The van der Waals surface area contributed by atoms with Crippen molar-refractivity contribution in [3.05, 3.63) is 23.8 Å². The molecule has 0 aromatic carbocycles. The highest BCUT2D eigenvalue weighted by molar-refractivity contribution is 5.92. The van der Waals surface area contributed by atoms with Crippen molar-refractivity contribution >= 4 is 11.8 Å². The van der Waals surface area contributed by atoms with Gasteiger partial charge in [-0.1, -0.05) is 13.8 Å². The lowest BCUT2D eigenvalue weighted by atomic mass is 10.2. The topological polar surface area (TPSA) is 66.4 Å². The third kappa shape index (κ3) is 5.01. The number of hydrogen-bond acceptors (Lipinski definition) is 4. The van der Waals surface area contributed by atoms with E-state index in [1.165, 1.54) is 6.20 Å². The number of nitrogens with zero attached hydrogens (tertiary/aromatic N) is 4. The van der Waals surface area contributed by atoms with Crippen LogP contribution in [0.1, 0.15) is 62.1 Å². The van der Waals surface area contributed by atoms with Crippen LogP contribution in [-0.4, -0.2) is 57.3 Å². The van der Waals surface area contributed by atoms with Gasteiger partial charge in [-0.25, -0.2) is 4.98 Å². The molecule has 1 saturated carbocycles. The zero-order chi connectivity index (χ0) is 17.5. The lowest BCUT2D eigenvalue weighted by Gasteiger charge is -2.25. The van der Waals surface area contributed by atoms with E-state index in [4.69, 9.17) is 0 Å². The smallest absolute Gasteiger partial charge is 0.274 e. The van der Waals surface area contributed by atoms with Gasteiger partial charge in [-0.2, -0.15) is 0 Å². The molecule has 0 aliphatic heterocycles. The Morgan fingerprint density at radius 2 is 1.75 bits per heavy atom. The van der Waals surface area contributed by atoms with Crippen molar-refractivity contribution in [1.29, 1.82) is 0 Å². The minimum atomic E-state index is -0.115. The van der Waals surface area contributed by atoms with Crippen LogP contribution in [0.15, 0.2) is 12.4 Å². The Labute approximate surface area is 144 Å². The predicted molar refractivity (Wildman–Crippen MR) is 92.6 cm³/mol. The fraction of sp³-hybridized carbons (Fsp3) is 0.667. The van der Waals surface area contributed by atoms with Crippen molar-refractivity contribution in [3.8, 4) is 0 Å². The number of aromatic nitrogens is 2. The summed E-state index contributed by atoms with van der Waals surface area (Å²) in [6.07, 6.45) is 7.43. The average Bonchev–Trinajstić information content (AvgIpc) is 3.40. The van der Waals surface area contributed by atoms with Crippen molar-refractivity contribution in [3.63, 3.8) is 0 Å². The molecule has 0 N–H and O–H groups in total. The minimum absolute atomic E-state index is 0.115. The second-order valence-electron chi connectivity index (χ2n) is 6.40. The van der Waals surface area contributed by atoms with Gasteiger partial charge in [-0.3, -0.25) is 14.6 Å². The Kier molecular flexibility index (Phi) is 6.70. The number of rotatable bonds is 9. The summed E-state index contributed by atoms with van der Waals surface area (Å²) < 4.78 is 0. The van der Waals surface area contributed by atoms with Crippen LogP contribution in [0.5, 0.6) is 0 Å². The molecule has 1 aromatic rings. The molecule has 24 heavy (non-hydrogen) atoms. The molecular formula is C18H28N4O2. The van der Waals surface area contributed by atoms with Crippen LogP contribution in [0, 0.1) is 6.92 Å². The first-order valence-corrected chi connectivity index (χ1v) is 8.94. The van der Waals surface area contributed by atoms with E-state index in [2.05, 4.69) is 23.8 Å². The van der Waals surface area contributed by atoms with Gasteiger partial charge in [0.1, 0.15) is 5.69 Å². The highest BCUT2D eigenvalue weighted by atomic mass is 16.2. The normalized spacial score (nSPS) is 13.6. The number of carbonyl (C=O) groups is 2. The summed E-state index contributed by atoms with van der Waals surface area (Å²) in [4.78, 5) is 37.1. The lowest BCUT2D eigenvalue weighted by molar-refractivity contribution is -0.131. The molecule has 1 aromatic heterocycles. The van der Waals surface area contributed by atoms with Crippen LogP contribution in [0.2, 0.25) is 0 Å². The summed E-state index contributed by atoms with van der Waals surface area (Å²) in [7, 11) is 0. The summed E-state index contributed by atoms with van der Waals surface area (Å²) in [6.45, 7) is 8.02. The Bertz CT molecular complexity index is 549. The third-order valence-corrected chi connectivity index (χ3v) is 4.15. The Hall–Kier alpha value is -1.98. The van der Waals surface area contributed by atoms with E-state index < -0.39 is 0 Å². The van der Waals surface area contributed by atoms with Gasteiger partial charge >= 0.3 is 0 Å². The molecule has 0 bridgehead atoms. The van der Waals surface area contributed by atoms with Crippen molar-refractivity contribution in [1.82, 2.24) is 19.8 Å². The summed E-state index contributed by atoms with van der Waals surface area (Å²) in [5, 5.41) is 0. The van der Waals surface area contributed by atoms with Crippen LogP contribution >= 0.6 is 0 Å². The highest BCUT2D eigenvalue weighted by Crippen LogP contribution is 2.28. The standard InChI is InChI=1S/C18H28N4O2/c1-4-9-21(10-5-2)17(23)8-11-22(15-6-7-15)18(24)16-13-19-14(3)12-20-16/h12-13,15H,4-11H2,1-3H3. The zero-order valence-electron chi connectivity index (χ0n) is 15.0. The van der Waals surface area contributed by atoms with Gasteiger partial charge in [-0.05, 0) is 32.6 Å². The zero-order valence-corrected chi connectivity index (χ0v) is 15.0. The molecule has 2 rings (SSSR count). The maximum Gasteiger partial charge on any atom is 0.274 e. The van der Waals surface area contributed by atoms with Crippen LogP contribution in [-0.2, 0) is 4.79 Å². The number of hydrogen-bond donors (Lipinski definition) is 0. The molecule has 6 heteroatoms. The Morgan fingerprint density at radius 3 is 2.25 bits per heavy atom. The van der Waals surface area contributed by atoms with Gasteiger partial charge in [0.05, 0.1) is 11.9 Å². The molecule has 1 fully saturated rings. The first-order valence-electron chi connectivity index (χ1n) is 8.94. The van der Waals surface area contributed by atoms with Crippen LogP contribution in [0.25, 0.3) is 0 Å². The summed E-state index contributed by atoms with van der Waals surface area (Å²) in [5.74, 6) is 0.0162. The largest absolute Gasteiger partial charge is 0.343 e. The van der Waals surface area contributed by atoms with E-state index in [0.717, 1.165) is 44.5 Å². The quantitative estimate of drug-likeness (QED) is 0.696. The van der Waals surface area contributed by atoms with Crippen molar-refractivity contribution in [2.75, 3.05) is 19.6 Å². The van der Waals surface area contributed by atoms with E-state index in [0.29, 0.717) is 18.7 Å². The van der Waals surface area contributed by atoms with E-state index in [1.54, 1.807) is 11.1 Å². The summed E-state index contributed by atoms with van der Waals surface area (Å²) in [6, 6.07) is 0.249. The SMILES string of the molecule is CCCN(CCC)C(=O)CCN(C(=O)c1cnc(C)cn1)C1CC1. The van der Waals surface area contributed by atoms with Gasteiger partial charge < -0.3 is 9.80 Å². The van der Waals surface area contributed by atoms with E-state index in [-0.39, 0.29) is 17.9 Å². The third-order valence-electron chi connectivity index (χ3n) is 4.15. The number of carbonyl (C=O) groups excluding carboxylic acids is 2. The maximum absolute atomic E-state index is 12.7. The second-order valence-corrected chi connectivity index (χ2v) is 6.40. The van der Waals surface area contributed by atoms with Crippen LogP contribution < -0.4 is 0 Å². The summed E-state index contributed by atoms with van der Waals surface area (Å²) in [5.41, 5.74) is 1.15. The maximum atomic E-state index is 12.7. The van der Waals surface area contributed by atoms with Gasteiger partial charge in [0, 0.05) is 38.3 Å². The van der Waals surface area contributed by atoms with Crippen molar-refractivity contribution in [2.24, 2.45) is 0 Å². The molecule has 6 nitrogen and oxygen atoms in total. The van der Waals surface area contributed by atoms with Gasteiger partial charge in [0.15, 0.2) is 0 Å². The molecule has 0 unspecified atom stereocenters. The lowest BCUT2D eigenvalue weighted by Crippen LogP contribution is -2.39. The molecule has 1 heterocycles. The van der Waals surface area contributed by atoms with Crippen molar-refractivity contribution in [2.45, 2.75) is 58.9 Å². The first kappa shape index (κ1) is 18.4. The molecule has 132 valence electrons. The highest BCUT2D eigenvalue weighted by Gasteiger charge is 2.34. The van der Waals surface area contributed by atoms with Crippen LogP contribution in [0.3, 0.4) is 0 Å². The molecule has 1 aliphatic carbocycles. The van der Waals surface area contributed by atoms with Gasteiger partial charge in [0.25, 0.3) is 5.91 Å². The minimum Gasteiger partial charge on any atom is -0.343 e. The van der Waals surface area contributed by atoms with Gasteiger partial charge in [0.2, 0.25) is 5.91 Å². The van der Waals surface area contributed by atoms with E-state index in [9.17, 15) is 9.59 Å². The van der Waals surface area contributed by atoms with E-state index >= 15 is 0 Å². The number of amides is 2. The molecule has 0 saturated heterocycles. The molecule has 2 amide bonds. The Balaban J connectivity index is 1.97. The monoisotopic (exact) mass is 332 g/mol. The van der Waals surface area contributed by atoms with E-state index in [1.807, 2.05) is 11.8 Å². The number of aryl methyl sites for hydroxylation is 1. The fourth-order valence-corrected chi connectivity index (χ4v) is 2.76. The second kappa shape index (κ2) is 8.76. The van der Waals surface area contributed by atoms with Gasteiger partial charge in [-0.15, -0.1) is 0 Å². The molecule has 0 radical (unpaired) electrons.